The number of benzene rings is 4. The van der Waals surface area contributed by atoms with Crippen LogP contribution in [-0.2, 0) is 17.8 Å². The number of carbonyl (C=O) groups is 2. The number of aryl methyl sites for hydroxylation is 2. The second-order valence-corrected chi connectivity index (χ2v) is 18.0. The molecule has 324 valence electrons. The summed E-state index contributed by atoms with van der Waals surface area (Å²) in [4.78, 5) is 27.3. The zero-order chi connectivity index (χ0) is 42.5. The van der Waals surface area contributed by atoms with Crippen LogP contribution in [0.5, 0.6) is 0 Å². The molecule has 8 aromatic rings. The number of esters is 1. The number of hydrogen-bond acceptors (Lipinski definition) is 8. The van der Waals surface area contributed by atoms with E-state index in [9.17, 15) is 14.7 Å². The zero-order valence-electron chi connectivity index (χ0n) is 34.6. The van der Waals surface area contributed by atoms with Gasteiger partial charge < -0.3 is 20.8 Å². The van der Waals surface area contributed by atoms with Crippen molar-refractivity contribution in [2.24, 2.45) is 0 Å². The normalized spacial score (nSPS) is 10.7. The second-order valence-electron chi connectivity index (χ2n) is 13.4. The number of carboxylic acid groups (broad SMARTS) is 1. The number of carboxylic acids is 1. The number of carbonyl (C=O) groups excluding carboxylic acids is 1. The van der Waals surface area contributed by atoms with Crippen LogP contribution in [0.4, 0.5) is 0 Å². The predicted octanol–water partition coefficient (Wildman–Crippen LogP) is 9.49. The van der Waals surface area contributed by atoms with Crippen molar-refractivity contribution in [3.63, 3.8) is 0 Å². The minimum Gasteiger partial charge on any atom is -0.870 e. The first-order chi connectivity index (χ1) is 29.0. The Balaban J connectivity index is 0.000000264. The van der Waals surface area contributed by atoms with Crippen molar-refractivity contribution in [2.75, 3.05) is 6.61 Å². The Morgan fingerprint density at radius 3 is 1.57 bits per heavy atom. The van der Waals surface area contributed by atoms with Crippen LogP contribution in [0.25, 0.3) is 33.2 Å². The number of hydrogen-bond donors (Lipinski definition) is 1. The molecular formula is C44H41Br2Cl2LiN6O6S2. The van der Waals surface area contributed by atoms with Gasteiger partial charge in [0.05, 0.1) is 62.3 Å². The number of aromatic carboxylic acids is 1. The Morgan fingerprint density at radius 2 is 1.14 bits per heavy atom. The standard InChI is InChI=1S/C23H21BrClN3O2S.C21H17BrClN3O2S.Li.2H2O/c1-3-10-27-14-17(13-26-27)28-20-12-16(25)8-9-19(20)21(22(28)24)31-18-7-5-6-15(11-18)23(29)30-4-2;1-2-8-25-12-15(11-24-25)26-18-10-14(23)6-7-17(18)19(20(26)22)29-16-5-3-4-13(9-16)21(27)28;;;/h5-9,11-14H,3-4,10H2,1-2H3;3-7,9-12H,2,8H2,1H3,(H,27,28);;2*1H2/q;;+1;;/p-1. The molecular weight excluding hydrogens is 1010 g/mol. The summed E-state index contributed by atoms with van der Waals surface area (Å²) in [5.41, 5.74) is 4.63. The first-order valence-corrected chi connectivity index (χ1v) is 23.0. The van der Waals surface area contributed by atoms with Gasteiger partial charge in [-0.2, -0.15) is 10.2 Å². The van der Waals surface area contributed by atoms with Gasteiger partial charge in [-0.3, -0.25) is 18.5 Å². The van der Waals surface area contributed by atoms with Crippen molar-refractivity contribution in [2.45, 2.75) is 66.3 Å². The minimum atomic E-state index is -0.941. The van der Waals surface area contributed by atoms with Crippen LogP contribution in [0.3, 0.4) is 0 Å². The van der Waals surface area contributed by atoms with Crippen molar-refractivity contribution >= 4 is 112 Å². The molecule has 0 aliphatic carbocycles. The summed E-state index contributed by atoms with van der Waals surface area (Å²) >= 11 is 23.3. The van der Waals surface area contributed by atoms with Crippen LogP contribution in [0.1, 0.15) is 54.3 Å². The van der Waals surface area contributed by atoms with Gasteiger partial charge in [-0.15, -0.1) is 0 Å². The molecule has 0 fully saturated rings. The molecule has 0 saturated carbocycles. The topological polar surface area (TPSA) is 171 Å². The molecule has 4 aromatic carbocycles. The smallest absolute Gasteiger partial charge is 0.870 e. The fourth-order valence-corrected chi connectivity index (χ4v) is 10.7. The van der Waals surface area contributed by atoms with Gasteiger partial charge in [0.25, 0.3) is 0 Å². The number of fused-ring (bicyclic) bond motifs is 2. The van der Waals surface area contributed by atoms with Gasteiger partial charge in [0.2, 0.25) is 0 Å². The molecule has 63 heavy (non-hydrogen) atoms. The number of halogens is 4. The molecule has 0 aliphatic rings. The molecule has 4 aromatic heterocycles. The average Bonchev–Trinajstić information content (AvgIpc) is 4.00. The summed E-state index contributed by atoms with van der Waals surface area (Å²) < 4.78 is 15.0. The van der Waals surface area contributed by atoms with Crippen LogP contribution in [0, 0.1) is 0 Å². The molecule has 0 radical (unpaired) electrons. The van der Waals surface area contributed by atoms with Gasteiger partial charge >= 0.3 is 30.8 Å². The first-order valence-electron chi connectivity index (χ1n) is 19.0. The van der Waals surface area contributed by atoms with E-state index in [1.807, 2.05) is 94.8 Å². The van der Waals surface area contributed by atoms with E-state index in [0.717, 1.165) is 87.9 Å². The molecule has 0 spiro atoms. The SMILES string of the molecule is CCCn1cc(-n2c(Br)c(Sc3cccc(C(=O)O)c3)c3ccc(Cl)cc32)cn1.CCCn1cc(-n2c(Br)c(Sc3cccc(C(=O)OCC)c3)c3ccc(Cl)cc32)cn1.O.[Li+].[OH-]. The molecule has 0 bridgehead atoms. The Hall–Kier alpha value is -3.92. The predicted molar refractivity (Wildman–Crippen MR) is 254 cm³/mol. The van der Waals surface area contributed by atoms with Gasteiger partial charge in [0.1, 0.15) is 9.21 Å². The average molecular weight is 1050 g/mol. The van der Waals surface area contributed by atoms with Crippen LogP contribution in [0.2, 0.25) is 10.0 Å². The van der Waals surface area contributed by atoms with Crippen LogP contribution < -0.4 is 18.9 Å². The molecule has 19 heteroatoms. The zero-order valence-corrected chi connectivity index (χ0v) is 40.9. The van der Waals surface area contributed by atoms with E-state index in [4.69, 9.17) is 27.9 Å². The van der Waals surface area contributed by atoms with Gasteiger partial charge in [0.15, 0.2) is 0 Å². The van der Waals surface area contributed by atoms with Gasteiger partial charge in [-0.05, 0) is 112 Å². The van der Waals surface area contributed by atoms with E-state index >= 15 is 0 Å². The summed E-state index contributed by atoms with van der Waals surface area (Å²) in [6, 6.07) is 26.0. The van der Waals surface area contributed by atoms with Crippen LogP contribution in [0.15, 0.2) is 139 Å². The molecule has 12 nitrogen and oxygen atoms in total. The third-order valence-electron chi connectivity index (χ3n) is 9.19. The minimum absolute atomic E-state index is 0. The Bertz CT molecular complexity index is 2870. The third-order valence-corrected chi connectivity index (χ3v) is 13.9. The molecule has 8 rings (SSSR count). The van der Waals surface area contributed by atoms with Gasteiger partial charge in [-0.25, -0.2) is 9.59 Å². The number of ether oxygens (including phenoxy) is 1. The van der Waals surface area contributed by atoms with Crippen LogP contribution >= 0.6 is 78.6 Å². The van der Waals surface area contributed by atoms with E-state index in [-0.39, 0.29) is 41.3 Å². The molecule has 0 amide bonds. The van der Waals surface area contributed by atoms with Crippen molar-refractivity contribution < 1.29 is 49.2 Å². The van der Waals surface area contributed by atoms with E-state index in [1.54, 1.807) is 43.0 Å². The molecule has 0 atom stereocenters. The molecule has 0 unspecified atom stereocenters. The van der Waals surface area contributed by atoms with Gasteiger partial charge in [0, 0.05) is 56.1 Å². The second kappa shape index (κ2) is 23.3. The first kappa shape index (κ1) is 51.7. The summed E-state index contributed by atoms with van der Waals surface area (Å²) in [6.45, 7) is 8.10. The van der Waals surface area contributed by atoms with Crippen molar-refractivity contribution in [1.29, 1.82) is 0 Å². The maximum absolute atomic E-state index is 12.1. The molecule has 0 aliphatic heterocycles. The van der Waals surface area contributed by atoms with Crippen molar-refractivity contribution in [1.82, 2.24) is 28.7 Å². The summed E-state index contributed by atoms with van der Waals surface area (Å²) in [5, 5.41) is 21.6. The number of nitrogens with zero attached hydrogens (tertiary/aromatic N) is 6. The van der Waals surface area contributed by atoms with Crippen molar-refractivity contribution in [3.8, 4) is 11.4 Å². The molecule has 4 N–H and O–H groups in total. The Morgan fingerprint density at radius 1 is 0.698 bits per heavy atom. The fourth-order valence-electron chi connectivity index (χ4n) is 6.57. The fraction of sp³-hybridized carbons (Fsp3) is 0.182. The third kappa shape index (κ3) is 11.7. The van der Waals surface area contributed by atoms with Crippen molar-refractivity contribution in [3.05, 3.63) is 140 Å². The largest absolute Gasteiger partial charge is 1.00 e. The maximum Gasteiger partial charge on any atom is 1.00 e. The summed E-state index contributed by atoms with van der Waals surface area (Å²) in [7, 11) is 0. The summed E-state index contributed by atoms with van der Waals surface area (Å²) in [6.07, 6.45) is 9.75. The van der Waals surface area contributed by atoms with E-state index in [1.165, 1.54) is 11.8 Å². The maximum atomic E-state index is 12.1. The van der Waals surface area contributed by atoms with Gasteiger partial charge in [-0.1, -0.05) is 84.8 Å². The Labute approximate surface area is 411 Å². The molecule has 0 saturated heterocycles. The van der Waals surface area contributed by atoms with E-state index in [0.29, 0.717) is 22.2 Å². The Kier molecular flexibility index (Phi) is 19.1. The monoisotopic (exact) mass is 1050 g/mol. The number of aromatic nitrogens is 6. The quantitative estimate of drug-likeness (QED) is 0.0873. The van der Waals surface area contributed by atoms with E-state index < -0.39 is 5.97 Å². The number of rotatable bonds is 13. The van der Waals surface area contributed by atoms with E-state index in [2.05, 4.69) is 65.0 Å². The molecule has 4 heterocycles. The summed E-state index contributed by atoms with van der Waals surface area (Å²) in [5.74, 6) is -1.26. The van der Waals surface area contributed by atoms with Crippen LogP contribution in [-0.4, -0.2) is 63.3 Å².